The highest BCUT2D eigenvalue weighted by molar-refractivity contribution is 5.80. The second-order valence-corrected chi connectivity index (χ2v) is 7.09. The standard InChI is InChI=1S/C19H28N2O2/c1-3-7-19(14-22)8-10-21(13-18(19)23)12-15-4-5-17-16(11-15)6-9-20(17)2/h4-6,9,11,18,22-23H,3,7-8,10,12-14H2,1-2H3/t18-,19+/m0/s1. The van der Waals surface area contributed by atoms with Crippen molar-refractivity contribution in [1.29, 1.82) is 0 Å². The summed E-state index contributed by atoms with van der Waals surface area (Å²) in [4.78, 5) is 2.30. The van der Waals surface area contributed by atoms with Gasteiger partial charge in [0.05, 0.1) is 12.7 Å². The van der Waals surface area contributed by atoms with Crippen molar-refractivity contribution in [3.05, 3.63) is 36.0 Å². The maximum absolute atomic E-state index is 10.6. The van der Waals surface area contributed by atoms with Crippen LogP contribution in [0, 0.1) is 5.41 Å². The number of aliphatic hydroxyl groups is 2. The van der Waals surface area contributed by atoms with Gasteiger partial charge < -0.3 is 14.8 Å². The number of benzene rings is 1. The monoisotopic (exact) mass is 316 g/mol. The Bertz CT molecular complexity index is 666. The second kappa shape index (κ2) is 6.63. The number of nitrogens with zero attached hydrogens (tertiary/aromatic N) is 2. The molecule has 3 rings (SSSR count). The maximum Gasteiger partial charge on any atom is 0.0745 e. The number of hydrogen-bond acceptors (Lipinski definition) is 3. The molecule has 0 saturated carbocycles. The molecule has 2 aromatic rings. The fourth-order valence-corrected chi connectivity index (χ4v) is 3.96. The van der Waals surface area contributed by atoms with E-state index >= 15 is 0 Å². The van der Waals surface area contributed by atoms with Gasteiger partial charge in [-0.05, 0) is 48.5 Å². The summed E-state index contributed by atoms with van der Waals surface area (Å²) in [6.07, 6.45) is 4.41. The van der Waals surface area contributed by atoms with Crippen LogP contribution in [0.5, 0.6) is 0 Å². The first-order valence-electron chi connectivity index (χ1n) is 8.63. The zero-order valence-corrected chi connectivity index (χ0v) is 14.2. The van der Waals surface area contributed by atoms with Gasteiger partial charge in [0, 0.05) is 37.3 Å². The smallest absolute Gasteiger partial charge is 0.0745 e. The predicted octanol–water partition coefficient (Wildman–Crippen LogP) is 2.52. The second-order valence-electron chi connectivity index (χ2n) is 7.09. The fourth-order valence-electron chi connectivity index (χ4n) is 3.96. The highest BCUT2D eigenvalue weighted by Gasteiger charge is 2.40. The molecule has 2 heterocycles. The van der Waals surface area contributed by atoms with Gasteiger partial charge in [-0.1, -0.05) is 19.4 Å². The van der Waals surface area contributed by atoms with E-state index in [0.717, 1.165) is 32.4 Å². The lowest BCUT2D eigenvalue weighted by Gasteiger charge is -2.44. The van der Waals surface area contributed by atoms with Crippen LogP contribution in [0.1, 0.15) is 31.7 Å². The Hall–Kier alpha value is -1.36. The van der Waals surface area contributed by atoms with Gasteiger partial charge in [0.25, 0.3) is 0 Å². The largest absolute Gasteiger partial charge is 0.396 e. The SMILES string of the molecule is CCC[C@]1(CO)CCN(Cc2ccc3c(ccn3C)c2)C[C@@H]1O. The lowest BCUT2D eigenvalue weighted by atomic mass is 9.73. The van der Waals surface area contributed by atoms with E-state index in [1.807, 2.05) is 0 Å². The Morgan fingerprint density at radius 3 is 2.83 bits per heavy atom. The van der Waals surface area contributed by atoms with Gasteiger partial charge in [0.15, 0.2) is 0 Å². The lowest BCUT2D eigenvalue weighted by molar-refractivity contribution is -0.0802. The van der Waals surface area contributed by atoms with Crippen molar-refractivity contribution in [1.82, 2.24) is 9.47 Å². The summed E-state index contributed by atoms with van der Waals surface area (Å²) in [6.45, 7) is 4.64. The number of β-amino-alcohol motifs (C(OH)–C–C–N with tert-alkyl or cyclic N) is 1. The van der Waals surface area contributed by atoms with Crippen LogP contribution in [0.15, 0.2) is 30.5 Å². The molecular weight excluding hydrogens is 288 g/mol. The van der Waals surface area contributed by atoms with Crippen LogP contribution in [0.2, 0.25) is 0 Å². The molecule has 126 valence electrons. The summed E-state index contributed by atoms with van der Waals surface area (Å²) < 4.78 is 2.13. The van der Waals surface area contributed by atoms with E-state index in [0.29, 0.717) is 6.54 Å². The summed E-state index contributed by atoms with van der Waals surface area (Å²) in [7, 11) is 2.06. The van der Waals surface area contributed by atoms with Gasteiger partial charge in [0.1, 0.15) is 0 Å². The normalized spacial score (nSPS) is 26.0. The molecule has 0 spiro atoms. The van der Waals surface area contributed by atoms with E-state index in [2.05, 4.69) is 53.9 Å². The van der Waals surface area contributed by atoms with E-state index in [9.17, 15) is 10.2 Å². The molecule has 1 aliphatic heterocycles. The van der Waals surface area contributed by atoms with E-state index in [-0.39, 0.29) is 12.0 Å². The van der Waals surface area contributed by atoms with E-state index < -0.39 is 6.10 Å². The molecule has 0 aliphatic carbocycles. The minimum atomic E-state index is -0.443. The molecular formula is C19H28N2O2. The van der Waals surface area contributed by atoms with E-state index in [4.69, 9.17) is 0 Å². The molecule has 1 fully saturated rings. The van der Waals surface area contributed by atoms with Gasteiger partial charge in [-0.25, -0.2) is 0 Å². The number of aryl methyl sites for hydroxylation is 1. The summed E-state index contributed by atoms with van der Waals surface area (Å²) in [5.41, 5.74) is 2.23. The van der Waals surface area contributed by atoms with Crippen LogP contribution >= 0.6 is 0 Å². The molecule has 0 bridgehead atoms. The number of aromatic nitrogens is 1. The van der Waals surface area contributed by atoms with Gasteiger partial charge >= 0.3 is 0 Å². The third-order valence-corrected chi connectivity index (χ3v) is 5.48. The molecule has 0 unspecified atom stereocenters. The van der Waals surface area contributed by atoms with Crippen molar-refractivity contribution in [3.8, 4) is 0 Å². The highest BCUT2D eigenvalue weighted by atomic mass is 16.3. The average molecular weight is 316 g/mol. The number of rotatable bonds is 5. The third-order valence-electron chi connectivity index (χ3n) is 5.48. The number of hydrogen-bond donors (Lipinski definition) is 2. The molecule has 1 aromatic carbocycles. The molecule has 1 aliphatic rings. The third kappa shape index (κ3) is 3.16. The Morgan fingerprint density at radius 2 is 2.13 bits per heavy atom. The van der Waals surface area contributed by atoms with Crippen LogP contribution in [-0.4, -0.2) is 45.5 Å². The van der Waals surface area contributed by atoms with Crippen LogP contribution in [0.3, 0.4) is 0 Å². The molecule has 0 radical (unpaired) electrons. The first-order valence-corrected chi connectivity index (χ1v) is 8.63. The van der Waals surface area contributed by atoms with E-state index in [1.54, 1.807) is 0 Å². The highest BCUT2D eigenvalue weighted by Crippen LogP contribution is 2.36. The average Bonchev–Trinajstić information content (AvgIpc) is 2.91. The molecule has 4 nitrogen and oxygen atoms in total. The molecule has 1 saturated heterocycles. The van der Waals surface area contributed by atoms with Crippen LogP contribution in [0.4, 0.5) is 0 Å². The minimum absolute atomic E-state index is 0.0891. The topological polar surface area (TPSA) is 48.6 Å². The predicted molar refractivity (Wildman–Crippen MR) is 93.2 cm³/mol. The zero-order chi connectivity index (χ0) is 16.4. The Balaban J connectivity index is 1.69. The lowest BCUT2D eigenvalue weighted by Crippen LogP contribution is -2.52. The molecule has 1 aromatic heterocycles. The Labute approximate surface area is 138 Å². The fraction of sp³-hybridized carbons (Fsp3) is 0.579. The van der Waals surface area contributed by atoms with Gasteiger partial charge in [0.2, 0.25) is 0 Å². The van der Waals surface area contributed by atoms with Crippen molar-refractivity contribution in [3.63, 3.8) is 0 Å². The molecule has 2 atom stereocenters. The number of piperidine rings is 1. The molecule has 23 heavy (non-hydrogen) atoms. The summed E-state index contributed by atoms with van der Waals surface area (Å²) in [5.74, 6) is 0. The summed E-state index contributed by atoms with van der Waals surface area (Å²) >= 11 is 0. The van der Waals surface area contributed by atoms with Crippen molar-refractivity contribution >= 4 is 10.9 Å². The van der Waals surface area contributed by atoms with Gasteiger partial charge in [-0.3, -0.25) is 4.90 Å². The first kappa shape index (κ1) is 16.5. The Kier molecular flexibility index (Phi) is 4.76. The van der Waals surface area contributed by atoms with Gasteiger partial charge in [-0.2, -0.15) is 0 Å². The number of aliphatic hydroxyl groups excluding tert-OH is 2. The summed E-state index contributed by atoms with van der Waals surface area (Å²) in [5, 5.41) is 21.6. The maximum atomic E-state index is 10.6. The number of fused-ring (bicyclic) bond motifs is 1. The quantitative estimate of drug-likeness (QED) is 0.891. The molecule has 4 heteroatoms. The Morgan fingerprint density at radius 1 is 1.30 bits per heavy atom. The van der Waals surface area contributed by atoms with Crippen molar-refractivity contribution in [2.45, 2.75) is 38.8 Å². The molecule has 0 amide bonds. The van der Waals surface area contributed by atoms with Crippen LogP contribution in [0.25, 0.3) is 10.9 Å². The zero-order valence-electron chi connectivity index (χ0n) is 14.2. The van der Waals surface area contributed by atoms with Crippen molar-refractivity contribution < 1.29 is 10.2 Å². The summed E-state index contributed by atoms with van der Waals surface area (Å²) in [6, 6.07) is 8.72. The van der Waals surface area contributed by atoms with Crippen LogP contribution < -0.4 is 0 Å². The molecule has 2 N–H and O–H groups in total. The van der Waals surface area contributed by atoms with Crippen molar-refractivity contribution in [2.24, 2.45) is 12.5 Å². The minimum Gasteiger partial charge on any atom is -0.396 e. The van der Waals surface area contributed by atoms with E-state index in [1.165, 1.54) is 16.5 Å². The number of likely N-dealkylation sites (tertiary alicyclic amines) is 1. The van der Waals surface area contributed by atoms with Crippen LogP contribution in [-0.2, 0) is 13.6 Å². The van der Waals surface area contributed by atoms with Gasteiger partial charge in [-0.15, -0.1) is 0 Å². The first-order chi connectivity index (χ1) is 11.1. The van der Waals surface area contributed by atoms with Crippen molar-refractivity contribution in [2.75, 3.05) is 19.7 Å².